The van der Waals surface area contributed by atoms with Gasteiger partial charge in [-0.2, -0.15) is 0 Å². The van der Waals surface area contributed by atoms with Gasteiger partial charge in [-0.25, -0.2) is 4.68 Å². The number of ether oxygens (including phenoxy) is 2. The standard InChI is InChI=1S/C33H43BrN6O7/c1-4-6-14-25(42)35-19-21(3)46-32(45)26-27-30(43)39(16-10-7-11-17-41)29(33(27)18-22(34)28(26)47-33)31(44)38(15-5-2)20-40-24-13-9-8-12-23(24)36-37-40/h4-5,8-9,12-13,21-22,26-29,41H,1-2,6-7,10-11,14-20H2,3H3,(H,35,42)/t21-,22?,26-,27+,28-,29-,33+/m1/s1. The molecule has 0 aliphatic carbocycles. The normalized spacial score (nSPS) is 26.7. The number of amides is 3. The third-order valence-electron chi connectivity index (χ3n) is 9.22. The molecule has 14 heteroatoms. The van der Waals surface area contributed by atoms with E-state index in [-0.39, 0.29) is 61.9 Å². The van der Waals surface area contributed by atoms with Crippen LogP contribution in [-0.4, -0.2) is 109 Å². The van der Waals surface area contributed by atoms with Crippen molar-refractivity contribution >= 4 is 50.7 Å². The maximum Gasteiger partial charge on any atom is 0.312 e. The van der Waals surface area contributed by atoms with Crippen LogP contribution in [0, 0.1) is 11.8 Å². The number of halogens is 1. The summed E-state index contributed by atoms with van der Waals surface area (Å²) in [7, 11) is 0. The van der Waals surface area contributed by atoms with Gasteiger partial charge in [0.2, 0.25) is 17.7 Å². The number of hydrogen-bond donors (Lipinski definition) is 2. The summed E-state index contributed by atoms with van der Waals surface area (Å²) in [5, 5.41) is 20.6. The highest BCUT2D eigenvalue weighted by Crippen LogP contribution is 2.60. The molecule has 5 rings (SSSR count). The molecule has 3 saturated heterocycles. The zero-order valence-electron chi connectivity index (χ0n) is 26.6. The van der Waals surface area contributed by atoms with Crippen LogP contribution in [0.1, 0.15) is 45.4 Å². The van der Waals surface area contributed by atoms with E-state index < -0.39 is 41.7 Å². The van der Waals surface area contributed by atoms with Crippen molar-refractivity contribution in [1.82, 2.24) is 30.1 Å². The Balaban J connectivity index is 1.41. The van der Waals surface area contributed by atoms with E-state index in [1.54, 1.807) is 33.6 Å². The Hall–Kier alpha value is -3.62. The van der Waals surface area contributed by atoms with E-state index in [0.29, 0.717) is 37.6 Å². The number of nitrogens with zero attached hydrogens (tertiary/aromatic N) is 5. The molecule has 254 valence electrons. The van der Waals surface area contributed by atoms with E-state index >= 15 is 0 Å². The highest BCUT2D eigenvalue weighted by atomic mass is 79.9. The van der Waals surface area contributed by atoms with Crippen molar-refractivity contribution < 1.29 is 33.8 Å². The van der Waals surface area contributed by atoms with Gasteiger partial charge in [0, 0.05) is 30.9 Å². The SMILES string of the molecule is C=CCCC(=O)NC[C@@H](C)OC(=O)[C@H]1[C@@H]2O[C@@]3(CC2Br)[C@@H]1C(=O)N(CCCCCO)[C@@H]3C(=O)N(CC=C)Cn1nnc2ccccc21. The van der Waals surface area contributed by atoms with Gasteiger partial charge in [0.1, 0.15) is 29.9 Å². The predicted octanol–water partition coefficient (Wildman–Crippen LogP) is 2.33. The van der Waals surface area contributed by atoms with E-state index in [1.165, 1.54) is 0 Å². The maximum absolute atomic E-state index is 14.7. The van der Waals surface area contributed by atoms with Crippen molar-refractivity contribution in [3.05, 3.63) is 49.6 Å². The average Bonchev–Trinajstić information content (AvgIpc) is 3.77. The first-order chi connectivity index (χ1) is 22.7. The van der Waals surface area contributed by atoms with Crippen molar-refractivity contribution in [2.45, 2.75) is 80.8 Å². The molecule has 4 heterocycles. The number of hydrogen-bond acceptors (Lipinski definition) is 9. The lowest BCUT2D eigenvalue weighted by atomic mass is 9.70. The molecule has 0 radical (unpaired) electrons. The summed E-state index contributed by atoms with van der Waals surface area (Å²) in [6, 6.07) is 6.43. The lowest BCUT2D eigenvalue weighted by Gasteiger charge is -2.37. The van der Waals surface area contributed by atoms with Crippen molar-refractivity contribution in [2.75, 3.05) is 26.2 Å². The van der Waals surface area contributed by atoms with Crippen LogP contribution >= 0.6 is 15.9 Å². The van der Waals surface area contributed by atoms with Crippen LogP contribution < -0.4 is 5.32 Å². The molecule has 2 aromatic rings. The molecule has 13 nitrogen and oxygen atoms in total. The van der Waals surface area contributed by atoms with Crippen molar-refractivity contribution in [1.29, 1.82) is 0 Å². The van der Waals surface area contributed by atoms with Gasteiger partial charge < -0.3 is 29.7 Å². The molecule has 1 aromatic carbocycles. The Kier molecular flexibility index (Phi) is 11.1. The Labute approximate surface area is 282 Å². The third-order valence-corrected chi connectivity index (χ3v) is 10.1. The highest BCUT2D eigenvalue weighted by Gasteiger charge is 2.77. The van der Waals surface area contributed by atoms with E-state index in [1.807, 2.05) is 24.3 Å². The van der Waals surface area contributed by atoms with Crippen molar-refractivity contribution in [3.8, 4) is 0 Å². The summed E-state index contributed by atoms with van der Waals surface area (Å²) in [5.41, 5.74) is 0.173. The number of fused-ring (bicyclic) bond motifs is 2. The molecular formula is C33H43BrN6O7. The lowest BCUT2D eigenvalue weighted by Crippen LogP contribution is -2.57. The average molecular weight is 716 g/mol. The third kappa shape index (κ3) is 6.86. The van der Waals surface area contributed by atoms with Crippen LogP contribution in [0.4, 0.5) is 0 Å². The first kappa shape index (κ1) is 34.7. The number of nitrogens with one attached hydrogen (secondary N) is 1. The number of aromatic nitrogens is 3. The van der Waals surface area contributed by atoms with Crippen LogP contribution in [0.25, 0.3) is 11.0 Å². The second-order valence-corrected chi connectivity index (χ2v) is 13.6. The summed E-state index contributed by atoms with van der Waals surface area (Å²) in [6.45, 7) is 9.81. The molecule has 0 saturated carbocycles. The molecule has 7 atom stereocenters. The summed E-state index contributed by atoms with van der Waals surface area (Å²) < 4.78 is 14.0. The number of para-hydroxylation sites is 1. The van der Waals surface area contributed by atoms with E-state index in [2.05, 4.69) is 44.7 Å². The largest absolute Gasteiger partial charge is 0.460 e. The molecule has 3 fully saturated rings. The minimum Gasteiger partial charge on any atom is -0.460 e. The number of rotatable bonds is 17. The number of carbonyl (C=O) groups is 4. The van der Waals surface area contributed by atoms with Crippen LogP contribution in [-0.2, 0) is 35.3 Å². The number of likely N-dealkylation sites (tertiary alicyclic amines) is 1. The van der Waals surface area contributed by atoms with E-state index in [4.69, 9.17) is 9.47 Å². The molecule has 2 bridgehead atoms. The number of unbranched alkanes of at least 4 members (excludes halogenated alkanes) is 2. The number of alkyl halides is 1. The van der Waals surface area contributed by atoms with Gasteiger partial charge in [0.25, 0.3) is 0 Å². The monoisotopic (exact) mass is 714 g/mol. The number of allylic oxidation sites excluding steroid dienone is 1. The van der Waals surface area contributed by atoms with Gasteiger partial charge in [-0.3, -0.25) is 19.2 Å². The molecular weight excluding hydrogens is 672 g/mol. The van der Waals surface area contributed by atoms with Gasteiger partial charge in [-0.1, -0.05) is 45.4 Å². The number of carbonyl (C=O) groups excluding carboxylic acids is 4. The van der Waals surface area contributed by atoms with Crippen LogP contribution in [0.2, 0.25) is 0 Å². The van der Waals surface area contributed by atoms with Crippen LogP contribution in [0.5, 0.6) is 0 Å². The molecule has 47 heavy (non-hydrogen) atoms. The van der Waals surface area contributed by atoms with Crippen molar-refractivity contribution in [3.63, 3.8) is 0 Å². The summed E-state index contributed by atoms with van der Waals surface area (Å²) in [4.78, 5) is 57.7. The molecule has 1 spiro atoms. The molecule has 3 aliphatic heterocycles. The summed E-state index contributed by atoms with van der Waals surface area (Å²) in [6.07, 6.45) is 4.91. The van der Waals surface area contributed by atoms with Gasteiger partial charge in [-0.15, -0.1) is 18.3 Å². The molecule has 1 aromatic heterocycles. The second-order valence-electron chi connectivity index (χ2n) is 12.4. The topological polar surface area (TPSA) is 156 Å². The zero-order chi connectivity index (χ0) is 33.7. The van der Waals surface area contributed by atoms with Crippen LogP contribution in [0.15, 0.2) is 49.6 Å². The van der Waals surface area contributed by atoms with E-state index in [0.717, 1.165) is 5.52 Å². The van der Waals surface area contributed by atoms with Gasteiger partial charge >= 0.3 is 5.97 Å². The predicted molar refractivity (Wildman–Crippen MR) is 176 cm³/mol. The quantitative estimate of drug-likeness (QED) is 0.109. The molecule has 3 amide bonds. The van der Waals surface area contributed by atoms with Crippen LogP contribution in [0.3, 0.4) is 0 Å². The number of esters is 1. The fraction of sp³-hybridized carbons (Fsp3) is 0.576. The Morgan fingerprint density at radius 1 is 1.26 bits per heavy atom. The number of aliphatic hydroxyl groups is 1. The fourth-order valence-corrected chi connectivity index (χ4v) is 8.06. The summed E-state index contributed by atoms with van der Waals surface area (Å²) in [5.74, 6) is -3.31. The van der Waals surface area contributed by atoms with Gasteiger partial charge in [-0.05, 0) is 51.2 Å². The minimum absolute atomic E-state index is 0.0265. The second kappa shape index (κ2) is 15.1. The number of benzene rings is 1. The fourth-order valence-electron chi connectivity index (χ4n) is 7.12. The maximum atomic E-state index is 14.7. The Bertz CT molecular complexity index is 1500. The van der Waals surface area contributed by atoms with Crippen molar-refractivity contribution in [2.24, 2.45) is 11.8 Å². The van der Waals surface area contributed by atoms with Gasteiger partial charge in [0.05, 0.1) is 30.0 Å². The molecule has 2 N–H and O–H groups in total. The molecule has 3 aliphatic rings. The lowest BCUT2D eigenvalue weighted by molar-refractivity contribution is -0.159. The highest BCUT2D eigenvalue weighted by molar-refractivity contribution is 9.09. The van der Waals surface area contributed by atoms with Gasteiger partial charge in [0.15, 0.2) is 0 Å². The minimum atomic E-state index is -1.26. The Morgan fingerprint density at radius 3 is 2.79 bits per heavy atom. The smallest absolute Gasteiger partial charge is 0.312 e. The Morgan fingerprint density at radius 2 is 2.04 bits per heavy atom. The molecule has 1 unspecified atom stereocenters. The zero-order valence-corrected chi connectivity index (χ0v) is 28.2. The summed E-state index contributed by atoms with van der Waals surface area (Å²) >= 11 is 3.69. The number of aliphatic hydroxyl groups excluding tert-OH is 1. The first-order valence-corrected chi connectivity index (χ1v) is 17.1. The first-order valence-electron chi connectivity index (χ1n) is 16.2. The van der Waals surface area contributed by atoms with E-state index in [9.17, 15) is 24.3 Å².